The van der Waals surface area contributed by atoms with Crippen LogP contribution in [0.15, 0.2) is 24.3 Å². The highest BCUT2D eigenvalue weighted by Gasteiger charge is 2.40. The van der Waals surface area contributed by atoms with Crippen LogP contribution in [-0.4, -0.2) is 78.4 Å². The Morgan fingerprint density at radius 1 is 0.793 bits per heavy atom. The van der Waals surface area contributed by atoms with Gasteiger partial charge in [0, 0.05) is 46.7 Å². The lowest BCUT2D eigenvalue weighted by atomic mass is 10.3. The second kappa shape index (κ2) is 17.5. The first-order valence-electron chi connectivity index (χ1n) is 8.99. The maximum atomic E-state index is 11.1. The third kappa shape index (κ3) is 14.3. The molecule has 0 spiro atoms. The van der Waals surface area contributed by atoms with E-state index in [0.717, 1.165) is 18.9 Å². The zero-order valence-electron chi connectivity index (χ0n) is 18.7. The SMILES string of the molecule is C=C(C)C(=O)OCCCC[SiH](OC)OC.C=C(C)C(=O)OC[Si](OC)(OC)OC. The molecular formula is C18H36O9Si2. The summed E-state index contributed by atoms with van der Waals surface area (Å²) in [4.78, 5) is 22.1. The highest BCUT2D eigenvalue weighted by Crippen LogP contribution is 2.07. The van der Waals surface area contributed by atoms with E-state index in [9.17, 15) is 9.59 Å². The Morgan fingerprint density at radius 2 is 1.24 bits per heavy atom. The fraction of sp³-hybridized carbons (Fsp3) is 0.667. The first kappa shape index (κ1) is 29.9. The predicted octanol–water partition coefficient (Wildman–Crippen LogP) is 1.92. The van der Waals surface area contributed by atoms with Crippen molar-refractivity contribution >= 4 is 30.0 Å². The van der Waals surface area contributed by atoms with Crippen LogP contribution in [0, 0.1) is 0 Å². The van der Waals surface area contributed by atoms with E-state index in [1.54, 1.807) is 28.1 Å². The number of ether oxygens (including phenoxy) is 2. The molecule has 0 saturated heterocycles. The second-order valence-corrected chi connectivity index (χ2v) is 11.2. The average Bonchev–Trinajstić information content (AvgIpc) is 2.72. The van der Waals surface area contributed by atoms with E-state index in [1.807, 2.05) is 0 Å². The minimum absolute atomic E-state index is 0.0117. The van der Waals surface area contributed by atoms with Gasteiger partial charge in [-0.1, -0.05) is 13.2 Å². The van der Waals surface area contributed by atoms with Crippen molar-refractivity contribution in [3.63, 3.8) is 0 Å². The van der Waals surface area contributed by atoms with Gasteiger partial charge in [-0.05, 0) is 32.7 Å². The first-order chi connectivity index (χ1) is 13.6. The lowest BCUT2D eigenvalue weighted by molar-refractivity contribution is -0.139. The van der Waals surface area contributed by atoms with Gasteiger partial charge in [-0.2, -0.15) is 0 Å². The Bertz CT molecular complexity index is 495. The van der Waals surface area contributed by atoms with Crippen molar-refractivity contribution in [3.05, 3.63) is 24.3 Å². The van der Waals surface area contributed by atoms with Crippen molar-refractivity contribution in [2.45, 2.75) is 32.7 Å². The number of hydrogen-bond donors (Lipinski definition) is 0. The third-order valence-electron chi connectivity index (χ3n) is 3.60. The van der Waals surface area contributed by atoms with Crippen molar-refractivity contribution in [3.8, 4) is 0 Å². The summed E-state index contributed by atoms with van der Waals surface area (Å²) in [6, 6.07) is 0.942. The molecule has 0 aliphatic carbocycles. The molecule has 0 unspecified atom stereocenters. The van der Waals surface area contributed by atoms with Gasteiger partial charge in [0.2, 0.25) is 0 Å². The van der Waals surface area contributed by atoms with Gasteiger partial charge in [-0.25, -0.2) is 9.59 Å². The van der Waals surface area contributed by atoms with Crippen molar-refractivity contribution in [1.29, 1.82) is 0 Å². The van der Waals surface area contributed by atoms with Gasteiger partial charge in [0.1, 0.15) is 0 Å². The van der Waals surface area contributed by atoms with Crippen LogP contribution in [0.5, 0.6) is 0 Å². The van der Waals surface area contributed by atoms with Gasteiger partial charge in [-0.3, -0.25) is 0 Å². The number of esters is 2. The minimum Gasteiger partial charge on any atom is -0.462 e. The number of unbranched alkanes of at least 4 members (excludes halogenated alkanes) is 1. The standard InChI is InChI=1S/C10H20O4Si.C8H16O5Si/c1-9(2)10(11)14-7-5-6-8-15(12-3)13-4;1-7(2)8(9)13-6-14(10-3,11-4)12-5/h15H,1,5-8H2,2-4H3;1,6H2,2-5H3. The maximum absolute atomic E-state index is 11.1. The summed E-state index contributed by atoms with van der Waals surface area (Å²) >= 11 is 0. The minimum atomic E-state index is -2.81. The Labute approximate surface area is 177 Å². The summed E-state index contributed by atoms with van der Waals surface area (Å²) in [5.41, 5.74) is 0.771. The molecule has 29 heavy (non-hydrogen) atoms. The number of hydrogen-bond acceptors (Lipinski definition) is 9. The molecule has 0 aliphatic rings. The highest BCUT2D eigenvalue weighted by molar-refractivity contribution is 6.60. The van der Waals surface area contributed by atoms with Crippen LogP contribution in [0.2, 0.25) is 6.04 Å². The Hall–Kier alpha value is -1.35. The van der Waals surface area contributed by atoms with Gasteiger partial charge in [0.25, 0.3) is 0 Å². The molecule has 9 nitrogen and oxygen atoms in total. The van der Waals surface area contributed by atoms with Crippen LogP contribution in [-0.2, 0) is 41.2 Å². The van der Waals surface area contributed by atoms with E-state index in [1.165, 1.54) is 21.3 Å². The molecule has 0 aromatic rings. The van der Waals surface area contributed by atoms with E-state index >= 15 is 0 Å². The van der Waals surface area contributed by atoms with E-state index in [0.29, 0.717) is 17.8 Å². The van der Waals surface area contributed by atoms with Crippen molar-refractivity contribution < 1.29 is 41.2 Å². The van der Waals surface area contributed by atoms with Gasteiger partial charge in [0.15, 0.2) is 6.23 Å². The molecule has 0 aromatic carbocycles. The molecule has 0 N–H and O–H groups in total. The van der Waals surface area contributed by atoms with Crippen LogP contribution in [0.4, 0.5) is 0 Å². The quantitative estimate of drug-likeness (QED) is 0.169. The van der Waals surface area contributed by atoms with Gasteiger partial charge in [-0.15, -0.1) is 0 Å². The van der Waals surface area contributed by atoms with Crippen molar-refractivity contribution in [2.24, 2.45) is 0 Å². The first-order valence-corrected chi connectivity index (χ1v) is 12.7. The van der Waals surface area contributed by atoms with Gasteiger partial charge >= 0.3 is 30.0 Å². The zero-order valence-corrected chi connectivity index (χ0v) is 20.9. The summed E-state index contributed by atoms with van der Waals surface area (Å²) in [5.74, 6) is -0.796. The van der Waals surface area contributed by atoms with Crippen LogP contribution in [0.3, 0.4) is 0 Å². The molecule has 0 bridgehead atoms. The molecule has 170 valence electrons. The van der Waals surface area contributed by atoms with Crippen LogP contribution in [0.1, 0.15) is 26.7 Å². The molecule has 0 rings (SSSR count). The summed E-state index contributed by atoms with van der Waals surface area (Å²) < 4.78 is 35.3. The number of rotatable bonds is 14. The average molecular weight is 453 g/mol. The largest absolute Gasteiger partial charge is 0.539 e. The van der Waals surface area contributed by atoms with Crippen LogP contribution >= 0.6 is 0 Å². The fourth-order valence-corrected chi connectivity index (χ4v) is 4.18. The maximum Gasteiger partial charge on any atom is 0.539 e. The van der Waals surface area contributed by atoms with Crippen molar-refractivity contribution in [2.75, 3.05) is 48.4 Å². The van der Waals surface area contributed by atoms with E-state index < -0.39 is 24.1 Å². The normalized spacial score (nSPS) is 10.8. The van der Waals surface area contributed by atoms with Gasteiger partial charge < -0.3 is 31.6 Å². The van der Waals surface area contributed by atoms with E-state index in [-0.39, 0.29) is 12.2 Å². The molecule has 0 aromatic heterocycles. The Kier molecular flexibility index (Phi) is 18.0. The molecule has 0 saturated carbocycles. The van der Waals surface area contributed by atoms with Gasteiger partial charge in [0.05, 0.1) is 6.61 Å². The molecule has 0 atom stereocenters. The van der Waals surface area contributed by atoms with E-state index in [2.05, 4.69) is 13.2 Å². The van der Waals surface area contributed by atoms with E-state index in [4.69, 9.17) is 31.6 Å². The lowest BCUT2D eigenvalue weighted by Crippen LogP contribution is -2.48. The number of carbonyl (C=O) groups is 2. The lowest BCUT2D eigenvalue weighted by Gasteiger charge is -2.23. The molecule has 0 amide bonds. The summed E-state index contributed by atoms with van der Waals surface area (Å²) in [6.45, 7) is 10.6. The topological polar surface area (TPSA) is 98.8 Å². The highest BCUT2D eigenvalue weighted by atomic mass is 28.4. The molecule has 11 heteroatoms. The smallest absolute Gasteiger partial charge is 0.462 e. The Balaban J connectivity index is 0. The molecule has 0 radical (unpaired) electrons. The molecule has 0 fully saturated rings. The number of carbonyl (C=O) groups excluding carboxylic acids is 2. The summed E-state index contributed by atoms with van der Waals surface area (Å²) in [7, 11) is 3.45. The second-order valence-electron chi connectivity index (χ2n) is 5.96. The monoisotopic (exact) mass is 452 g/mol. The third-order valence-corrected chi connectivity index (χ3v) is 7.90. The molecule has 0 heterocycles. The predicted molar refractivity (Wildman–Crippen MR) is 114 cm³/mol. The van der Waals surface area contributed by atoms with Crippen molar-refractivity contribution in [1.82, 2.24) is 0 Å². The fourth-order valence-electron chi connectivity index (χ4n) is 1.74. The molecule has 0 aliphatic heterocycles. The summed E-state index contributed by atoms with van der Waals surface area (Å²) in [6.07, 6.45) is 1.79. The summed E-state index contributed by atoms with van der Waals surface area (Å²) in [5, 5.41) is 0. The van der Waals surface area contributed by atoms with Crippen LogP contribution < -0.4 is 0 Å². The zero-order chi connectivity index (χ0) is 22.9. The van der Waals surface area contributed by atoms with Crippen LogP contribution in [0.25, 0.3) is 0 Å². The Morgan fingerprint density at radius 3 is 1.62 bits per heavy atom. The molecular weight excluding hydrogens is 416 g/mol.